The summed E-state index contributed by atoms with van der Waals surface area (Å²) in [5, 5.41) is 2.64. The van der Waals surface area contributed by atoms with E-state index in [1.165, 1.54) is 4.90 Å². The Morgan fingerprint density at radius 1 is 1.69 bits per heavy atom. The Kier molecular flexibility index (Phi) is 2.89. The standard InChI is InChI=1S/C8H13N3O2/c1-6-4-9-7(13-6)5-10-8(12)11(2)3/h4H,5H2,1-3H3,(H,10,12). The average Bonchev–Trinajstić information content (AvgIpc) is 2.47. The van der Waals surface area contributed by atoms with Crippen molar-refractivity contribution >= 4 is 6.03 Å². The van der Waals surface area contributed by atoms with Gasteiger partial charge in [0.05, 0.1) is 12.7 Å². The number of carbonyl (C=O) groups excluding carboxylic acids is 1. The molecule has 13 heavy (non-hydrogen) atoms. The molecule has 5 heteroatoms. The summed E-state index contributed by atoms with van der Waals surface area (Å²) in [5.41, 5.74) is 0. The first-order chi connectivity index (χ1) is 6.09. The Hall–Kier alpha value is -1.52. The van der Waals surface area contributed by atoms with Gasteiger partial charge < -0.3 is 14.6 Å². The number of aromatic nitrogens is 1. The highest BCUT2D eigenvalue weighted by Crippen LogP contribution is 2.00. The van der Waals surface area contributed by atoms with Crippen molar-refractivity contribution in [3.05, 3.63) is 17.8 Å². The number of nitrogens with one attached hydrogen (secondary N) is 1. The molecule has 0 aromatic carbocycles. The van der Waals surface area contributed by atoms with Crippen molar-refractivity contribution in [1.82, 2.24) is 15.2 Å². The second-order valence-corrected chi connectivity index (χ2v) is 2.92. The van der Waals surface area contributed by atoms with Crippen LogP contribution in [0.3, 0.4) is 0 Å². The molecule has 0 aliphatic heterocycles. The SMILES string of the molecule is Cc1cnc(CNC(=O)N(C)C)o1. The summed E-state index contributed by atoms with van der Waals surface area (Å²) in [4.78, 5) is 16.5. The van der Waals surface area contributed by atoms with Crippen molar-refractivity contribution < 1.29 is 9.21 Å². The summed E-state index contributed by atoms with van der Waals surface area (Å²) in [5.74, 6) is 1.27. The van der Waals surface area contributed by atoms with Gasteiger partial charge in [0, 0.05) is 14.1 Å². The highest BCUT2D eigenvalue weighted by atomic mass is 16.4. The molecular weight excluding hydrogens is 170 g/mol. The fraction of sp³-hybridized carbons (Fsp3) is 0.500. The van der Waals surface area contributed by atoms with E-state index in [2.05, 4.69) is 10.3 Å². The lowest BCUT2D eigenvalue weighted by Crippen LogP contribution is -2.33. The molecule has 1 rings (SSSR count). The van der Waals surface area contributed by atoms with Crippen LogP contribution < -0.4 is 5.32 Å². The molecule has 0 unspecified atom stereocenters. The van der Waals surface area contributed by atoms with Crippen LogP contribution in [0.5, 0.6) is 0 Å². The topological polar surface area (TPSA) is 58.4 Å². The summed E-state index contributed by atoms with van der Waals surface area (Å²) in [6, 6.07) is -0.157. The van der Waals surface area contributed by atoms with E-state index in [0.29, 0.717) is 12.4 Å². The minimum atomic E-state index is -0.157. The molecule has 1 aromatic heterocycles. The number of hydrogen-bond acceptors (Lipinski definition) is 3. The maximum atomic E-state index is 11.1. The molecule has 0 atom stereocenters. The number of carbonyl (C=O) groups is 1. The van der Waals surface area contributed by atoms with Crippen molar-refractivity contribution in [2.45, 2.75) is 13.5 Å². The summed E-state index contributed by atoms with van der Waals surface area (Å²) in [7, 11) is 3.35. The predicted molar refractivity (Wildman–Crippen MR) is 47.2 cm³/mol. The second kappa shape index (κ2) is 3.93. The Morgan fingerprint density at radius 2 is 2.38 bits per heavy atom. The fourth-order valence-electron chi connectivity index (χ4n) is 0.793. The monoisotopic (exact) mass is 183 g/mol. The first-order valence-electron chi connectivity index (χ1n) is 3.96. The summed E-state index contributed by atoms with van der Waals surface area (Å²) >= 11 is 0. The van der Waals surface area contributed by atoms with Crippen LogP contribution in [0.15, 0.2) is 10.6 Å². The maximum Gasteiger partial charge on any atom is 0.317 e. The molecule has 0 spiro atoms. The molecule has 0 aliphatic carbocycles. The Bertz CT molecular complexity index is 293. The minimum Gasteiger partial charge on any atom is -0.444 e. The van der Waals surface area contributed by atoms with Gasteiger partial charge >= 0.3 is 6.03 Å². The third kappa shape index (κ3) is 2.77. The Morgan fingerprint density at radius 3 is 2.85 bits per heavy atom. The van der Waals surface area contributed by atoms with Crippen molar-refractivity contribution in [2.24, 2.45) is 0 Å². The number of amides is 2. The fourth-order valence-corrected chi connectivity index (χ4v) is 0.793. The molecule has 0 saturated heterocycles. The first kappa shape index (κ1) is 9.57. The third-order valence-electron chi connectivity index (χ3n) is 1.47. The number of rotatable bonds is 2. The molecule has 72 valence electrons. The van der Waals surface area contributed by atoms with Crippen LogP contribution in [0, 0.1) is 6.92 Å². The molecule has 5 nitrogen and oxygen atoms in total. The van der Waals surface area contributed by atoms with Crippen molar-refractivity contribution in [1.29, 1.82) is 0 Å². The van der Waals surface area contributed by atoms with E-state index in [0.717, 1.165) is 5.76 Å². The van der Waals surface area contributed by atoms with Crippen LogP contribution in [0.25, 0.3) is 0 Å². The lowest BCUT2D eigenvalue weighted by molar-refractivity contribution is 0.215. The van der Waals surface area contributed by atoms with Gasteiger partial charge in [-0.15, -0.1) is 0 Å². The highest BCUT2D eigenvalue weighted by Gasteiger charge is 2.05. The van der Waals surface area contributed by atoms with Gasteiger partial charge in [0.25, 0.3) is 0 Å². The molecule has 2 amide bonds. The second-order valence-electron chi connectivity index (χ2n) is 2.92. The zero-order valence-corrected chi connectivity index (χ0v) is 8.00. The number of hydrogen-bond donors (Lipinski definition) is 1. The molecule has 0 saturated carbocycles. The van der Waals surface area contributed by atoms with Gasteiger partial charge in [-0.3, -0.25) is 0 Å². The van der Waals surface area contributed by atoms with Crippen LogP contribution in [-0.2, 0) is 6.54 Å². The van der Waals surface area contributed by atoms with Gasteiger partial charge in [-0.25, -0.2) is 9.78 Å². The molecule has 0 bridgehead atoms. The third-order valence-corrected chi connectivity index (χ3v) is 1.47. The van der Waals surface area contributed by atoms with Gasteiger partial charge in [0.15, 0.2) is 0 Å². The van der Waals surface area contributed by atoms with Gasteiger partial charge in [-0.1, -0.05) is 0 Å². The van der Waals surface area contributed by atoms with Crippen LogP contribution in [-0.4, -0.2) is 30.0 Å². The highest BCUT2D eigenvalue weighted by molar-refractivity contribution is 5.73. The number of oxazole rings is 1. The van der Waals surface area contributed by atoms with E-state index in [-0.39, 0.29) is 6.03 Å². The molecule has 1 heterocycles. The van der Waals surface area contributed by atoms with Crippen LogP contribution in [0.2, 0.25) is 0 Å². The van der Waals surface area contributed by atoms with Crippen molar-refractivity contribution in [3.8, 4) is 0 Å². The van der Waals surface area contributed by atoms with E-state index in [1.54, 1.807) is 20.3 Å². The smallest absolute Gasteiger partial charge is 0.317 e. The lowest BCUT2D eigenvalue weighted by atomic mass is 10.6. The van der Waals surface area contributed by atoms with Crippen LogP contribution >= 0.6 is 0 Å². The number of urea groups is 1. The number of aryl methyl sites for hydroxylation is 1. The van der Waals surface area contributed by atoms with Crippen LogP contribution in [0.4, 0.5) is 4.79 Å². The normalized spacial score (nSPS) is 9.77. The van der Waals surface area contributed by atoms with Gasteiger partial charge in [-0.2, -0.15) is 0 Å². The van der Waals surface area contributed by atoms with Gasteiger partial charge in [0.1, 0.15) is 5.76 Å². The predicted octanol–water partition coefficient (Wildman–Crippen LogP) is 0.754. The quantitative estimate of drug-likeness (QED) is 0.736. The molecular formula is C8H13N3O2. The number of nitrogens with zero attached hydrogens (tertiary/aromatic N) is 2. The molecule has 1 N–H and O–H groups in total. The van der Waals surface area contributed by atoms with Crippen molar-refractivity contribution in [2.75, 3.05) is 14.1 Å². The molecule has 0 aliphatic rings. The minimum absolute atomic E-state index is 0.157. The summed E-state index contributed by atoms with van der Waals surface area (Å²) < 4.78 is 5.17. The molecule has 1 aromatic rings. The van der Waals surface area contributed by atoms with E-state index >= 15 is 0 Å². The van der Waals surface area contributed by atoms with E-state index in [9.17, 15) is 4.79 Å². The summed E-state index contributed by atoms with van der Waals surface area (Å²) in [6.07, 6.45) is 1.62. The largest absolute Gasteiger partial charge is 0.444 e. The van der Waals surface area contributed by atoms with E-state index in [4.69, 9.17) is 4.42 Å². The Balaban J connectivity index is 2.39. The van der Waals surface area contributed by atoms with Crippen molar-refractivity contribution in [3.63, 3.8) is 0 Å². The Labute approximate surface area is 76.7 Å². The van der Waals surface area contributed by atoms with E-state index < -0.39 is 0 Å². The van der Waals surface area contributed by atoms with Gasteiger partial charge in [-0.05, 0) is 6.92 Å². The van der Waals surface area contributed by atoms with Gasteiger partial charge in [0.2, 0.25) is 5.89 Å². The first-order valence-corrected chi connectivity index (χ1v) is 3.96. The average molecular weight is 183 g/mol. The molecule has 0 fully saturated rings. The maximum absolute atomic E-state index is 11.1. The van der Waals surface area contributed by atoms with Crippen LogP contribution in [0.1, 0.15) is 11.7 Å². The lowest BCUT2D eigenvalue weighted by Gasteiger charge is -2.09. The summed E-state index contributed by atoms with van der Waals surface area (Å²) in [6.45, 7) is 2.13. The zero-order valence-electron chi connectivity index (χ0n) is 8.00. The zero-order chi connectivity index (χ0) is 9.84. The van der Waals surface area contributed by atoms with E-state index in [1.807, 2.05) is 6.92 Å². The molecule has 0 radical (unpaired) electrons.